The van der Waals surface area contributed by atoms with Crippen molar-refractivity contribution in [2.24, 2.45) is 17.8 Å². The van der Waals surface area contributed by atoms with Crippen LogP contribution in [-0.2, 0) is 16.1 Å². The van der Waals surface area contributed by atoms with Gasteiger partial charge in [-0.05, 0) is 48.6 Å². The van der Waals surface area contributed by atoms with Crippen molar-refractivity contribution in [2.75, 3.05) is 31.6 Å². The van der Waals surface area contributed by atoms with Gasteiger partial charge in [-0.3, -0.25) is 9.69 Å². The predicted octanol–water partition coefficient (Wildman–Crippen LogP) is 3.28. The van der Waals surface area contributed by atoms with E-state index in [0.717, 1.165) is 50.4 Å². The number of ether oxygens (including phenoxy) is 1. The van der Waals surface area contributed by atoms with Gasteiger partial charge in [0.1, 0.15) is 0 Å². The van der Waals surface area contributed by atoms with Crippen LogP contribution in [0.1, 0.15) is 37.7 Å². The molecule has 2 bridgehead atoms. The summed E-state index contributed by atoms with van der Waals surface area (Å²) in [5.74, 6) is 2.53. The number of amides is 1. The minimum atomic E-state index is 0.196. The smallest absolute Gasteiger partial charge is 0.224 e. The van der Waals surface area contributed by atoms with Crippen LogP contribution in [0.4, 0.5) is 5.69 Å². The number of nitrogens with zero attached hydrogens (tertiary/aromatic N) is 1. The van der Waals surface area contributed by atoms with Crippen molar-refractivity contribution in [3.05, 3.63) is 29.8 Å². The van der Waals surface area contributed by atoms with Gasteiger partial charge in [0.05, 0.1) is 13.2 Å². The number of benzene rings is 1. The molecule has 2 aliphatic carbocycles. The standard InChI is InChI=1S/C20H28N2O2/c23-20(13-18-12-15-5-6-16(18)11-15)21-19-4-2-1-3-17(19)14-22-7-9-24-10-8-22/h1-4,15-16,18H,5-14H2,(H,21,23). The molecule has 1 N–H and O–H groups in total. The highest BCUT2D eigenvalue weighted by Crippen LogP contribution is 2.49. The van der Waals surface area contributed by atoms with E-state index in [-0.39, 0.29) is 5.91 Å². The van der Waals surface area contributed by atoms with Crippen LogP contribution < -0.4 is 5.32 Å². The van der Waals surface area contributed by atoms with E-state index in [9.17, 15) is 4.79 Å². The van der Waals surface area contributed by atoms with E-state index in [1.54, 1.807) is 0 Å². The number of anilines is 1. The Hall–Kier alpha value is -1.39. The van der Waals surface area contributed by atoms with Crippen LogP contribution in [0.5, 0.6) is 0 Å². The van der Waals surface area contributed by atoms with E-state index >= 15 is 0 Å². The fraction of sp³-hybridized carbons (Fsp3) is 0.650. The molecule has 3 unspecified atom stereocenters. The van der Waals surface area contributed by atoms with Crippen molar-refractivity contribution in [1.29, 1.82) is 0 Å². The topological polar surface area (TPSA) is 41.6 Å². The molecule has 0 radical (unpaired) electrons. The van der Waals surface area contributed by atoms with Gasteiger partial charge in [-0.25, -0.2) is 0 Å². The van der Waals surface area contributed by atoms with E-state index in [0.29, 0.717) is 12.3 Å². The maximum absolute atomic E-state index is 12.5. The van der Waals surface area contributed by atoms with Crippen LogP contribution in [0.25, 0.3) is 0 Å². The average Bonchev–Trinajstić information content (AvgIpc) is 3.20. The number of morpholine rings is 1. The summed E-state index contributed by atoms with van der Waals surface area (Å²) in [6, 6.07) is 8.23. The maximum Gasteiger partial charge on any atom is 0.224 e. The fourth-order valence-electron chi connectivity index (χ4n) is 4.85. The molecule has 1 saturated heterocycles. The van der Waals surface area contributed by atoms with Crippen molar-refractivity contribution in [2.45, 2.75) is 38.6 Å². The summed E-state index contributed by atoms with van der Waals surface area (Å²) in [5.41, 5.74) is 2.19. The molecule has 0 aromatic heterocycles. The number of para-hydroxylation sites is 1. The Morgan fingerprint density at radius 3 is 2.75 bits per heavy atom. The first kappa shape index (κ1) is 16.1. The van der Waals surface area contributed by atoms with Gasteiger partial charge in [-0.1, -0.05) is 24.6 Å². The van der Waals surface area contributed by atoms with Crippen LogP contribution in [-0.4, -0.2) is 37.1 Å². The van der Waals surface area contributed by atoms with E-state index in [1.807, 2.05) is 12.1 Å². The molecule has 3 fully saturated rings. The zero-order valence-corrected chi connectivity index (χ0v) is 14.4. The number of hydrogen-bond donors (Lipinski definition) is 1. The zero-order valence-electron chi connectivity index (χ0n) is 14.4. The Labute approximate surface area is 144 Å². The van der Waals surface area contributed by atoms with Crippen LogP contribution in [0.15, 0.2) is 24.3 Å². The number of carbonyl (C=O) groups excluding carboxylic acids is 1. The van der Waals surface area contributed by atoms with Crippen LogP contribution >= 0.6 is 0 Å². The molecule has 0 spiro atoms. The summed E-state index contributed by atoms with van der Waals surface area (Å²) >= 11 is 0. The second-order valence-corrected chi connectivity index (χ2v) is 7.73. The molecule has 1 aliphatic heterocycles. The Morgan fingerprint density at radius 1 is 1.17 bits per heavy atom. The number of nitrogens with one attached hydrogen (secondary N) is 1. The van der Waals surface area contributed by atoms with Gasteiger partial charge < -0.3 is 10.1 Å². The summed E-state index contributed by atoms with van der Waals surface area (Å²) in [6.45, 7) is 4.42. The summed E-state index contributed by atoms with van der Waals surface area (Å²) in [6.07, 6.45) is 6.08. The quantitative estimate of drug-likeness (QED) is 0.902. The highest BCUT2D eigenvalue weighted by molar-refractivity contribution is 5.91. The molecular formula is C20H28N2O2. The molecule has 3 atom stereocenters. The van der Waals surface area contributed by atoms with Gasteiger partial charge in [-0.15, -0.1) is 0 Å². The summed E-state index contributed by atoms with van der Waals surface area (Å²) in [5, 5.41) is 3.19. The van der Waals surface area contributed by atoms with Crippen molar-refractivity contribution in [1.82, 2.24) is 4.90 Å². The third kappa shape index (κ3) is 3.65. The van der Waals surface area contributed by atoms with Gasteiger partial charge in [0, 0.05) is 31.7 Å². The van der Waals surface area contributed by atoms with Gasteiger partial charge in [0.25, 0.3) is 0 Å². The maximum atomic E-state index is 12.5. The first-order valence-corrected chi connectivity index (χ1v) is 9.46. The van der Waals surface area contributed by atoms with E-state index in [4.69, 9.17) is 4.74 Å². The lowest BCUT2D eigenvalue weighted by Crippen LogP contribution is -2.35. The average molecular weight is 328 g/mol. The summed E-state index contributed by atoms with van der Waals surface area (Å²) in [4.78, 5) is 14.9. The van der Waals surface area contributed by atoms with Crippen molar-refractivity contribution >= 4 is 11.6 Å². The lowest BCUT2D eigenvalue weighted by molar-refractivity contribution is -0.117. The number of hydrogen-bond acceptors (Lipinski definition) is 3. The van der Waals surface area contributed by atoms with Gasteiger partial charge in [-0.2, -0.15) is 0 Å². The highest BCUT2D eigenvalue weighted by Gasteiger charge is 2.40. The van der Waals surface area contributed by atoms with Crippen molar-refractivity contribution in [3.8, 4) is 0 Å². The lowest BCUT2D eigenvalue weighted by atomic mass is 9.86. The third-order valence-electron chi connectivity index (χ3n) is 6.12. The number of fused-ring (bicyclic) bond motifs is 2. The molecule has 4 rings (SSSR count). The molecule has 1 aromatic carbocycles. The van der Waals surface area contributed by atoms with Crippen LogP contribution in [0, 0.1) is 17.8 Å². The number of carbonyl (C=O) groups is 1. The Bertz CT molecular complexity index is 583. The molecule has 1 amide bonds. The Balaban J connectivity index is 1.36. The van der Waals surface area contributed by atoms with E-state index < -0.39 is 0 Å². The van der Waals surface area contributed by atoms with Crippen molar-refractivity contribution in [3.63, 3.8) is 0 Å². The summed E-state index contributed by atoms with van der Waals surface area (Å²) in [7, 11) is 0. The van der Waals surface area contributed by atoms with Gasteiger partial charge in [0.15, 0.2) is 0 Å². The fourth-order valence-corrected chi connectivity index (χ4v) is 4.85. The molecular weight excluding hydrogens is 300 g/mol. The van der Waals surface area contributed by atoms with E-state index in [1.165, 1.54) is 31.2 Å². The zero-order chi connectivity index (χ0) is 16.4. The first-order chi connectivity index (χ1) is 11.8. The normalized spacial score (nSPS) is 29.8. The van der Waals surface area contributed by atoms with E-state index in [2.05, 4.69) is 22.3 Å². The SMILES string of the molecule is O=C(CC1CC2CCC1C2)Nc1ccccc1CN1CCOCC1. The van der Waals surface area contributed by atoms with Gasteiger partial charge in [0.2, 0.25) is 5.91 Å². The minimum Gasteiger partial charge on any atom is -0.379 e. The van der Waals surface area contributed by atoms with Crippen LogP contribution in [0.3, 0.4) is 0 Å². The Kier molecular flexibility index (Phi) is 4.86. The first-order valence-electron chi connectivity index (χ1n) is 9.46. The van der Waals surface area contributed by atoms with Crippen LogP contribution in [0.2, 0.25) is 0 Å². The summed E-state index contributed by atoms with van der Waals surface area (Å²) < 4.78 is 5.42. The minimum absolute atomic E-state index is 0.196. The molecule has 130 valence electrons. The molecule has 2 saturated carbocycles. The second-order valence-electron chi connectivity index (χ2n) is 7.73. The molecule has 24 heavy (non-hydrogen) atoms. The Morgan fingerprint density at radius 2 is 2.00 bits per heavy atom. The number of rotatable bonds is 5. The lowest BCUT2D eigenvalue weighted by Gasteiger charge is -2.27. The largest absolute Gasteiger partial charge is 0.379 e. The second kappa shape index (κ2) is 7.24. The highest BCUT2D eigenvalue weighted by atomic mass is 16.5. The van der Waals surface area contributed by atoms with Gasteiger partial charge >= 0.3 is 0 Å². The molecule has 4 nitrogen and oxygen atoms in total. The predicted molar refractivity (Wildman–Crippen MR) is 94.7 cm³/mol. The van der Waals surface area contributed by atoms with Crippen molar-refractivity contribution < 1.29 is 9.53 Å². The molecule has 1 aromatic rings. The monoisotopic (exact) mass is 328 g/mol. The molecule has 3 aliphatic rings. The third-order valence-corrected chi connectivity index (χ3v) is 6.12. The molecule has 4 heteroatoms. The molecule has 1 heterocycles.